The Hall–Kier alpha value is -0.340. The summed E-state index contributed by atoms with van der Waals surface area (Å²) in [6.45, 7) is 9.59. The zero-order valence-corrected chi connectivity index (χ0v) is 15.0. The summed E-state index contributed by atoms with van der Waals surface area (Å²) in [6, 6.07) is 0.643. The smallest absolute Gasteiger partial charge is 0.0358 e. The van der Waals surface area contributed by atoms with E-state index < -0.39 is 0 Å². The molecule has 1 N–H and O–H groups in total. The van der Waals surface area contributed by atoms with E-state index in [2.05, 4.69) is 44.7 Å². The molecule has 0 aromatic carbocycles. The maximum Gasteiger partial charge on any atom is 0.0358 e. The van der Waals surface area contributed by atoms with E-state index in [-0.39, 0.29) is 0 Å². The minimum absolute atomic E-state index is 0.367. The summed E-state index contributed by atoms with van der Waals surface area (Å²) < 4.78 is 0. The molecule has 2 heteroatoms. The lowest BCUT2D eigenvalue weighted by molar-refractivity contribution is 0.0340. The molecule has 0 amide bonds. The number of rotatable bonds is 10. The molecule has 0 heterocycles. The third-order valence-electron chi connectivity index (χ3n) is 5.40. The Morgan fingerprint density at radius 2 is 2.10 bits per heavy atom. The summed E-state index contributed by atoms with van der Waals surface area (Å²) >= 11 is 0. The van der Waals surface area contributed by atoms with Crippen LogP contribution < -0.4 is 5.32 Å². The molecule has 0 saturated heterocycles. The standard InChI is InChI=1S/C19H38N2/c1-6-8-9-10-11-14-18(20-7-2)19(21(4)5)15-12-13-17(3)16-19/h6,17-18,20H,1,7-16H2,2-5H3. The number of likely N-dealkylation sites (N-methyl/N-ethyl adjacent to an activating group) is 2. The summed E-state index contributed by atoms with van der Waals surface area (Å²) in [5.74, 6) is 0.864. The first kappa shape index (κ1) is 18.7. The number of allylic oxidation sites excluding steroid dienone is 1. The first-order valence-corrected chi connectivity index (χ1v) is 9.08. The Balaban J connectivity index is 2.66. The van der Waals surface area contributed by atoms with Crippen LogP contribution in [0.2, 0.25) is 0 Å². The van der Waals surface area contributed by atoms with E-state index in [1.165, 1.54) is 57.8 Å². The van der Waals surface area contributed by atoms with Crippen LogP contribution in [0.25, 0.3) is 0 Å². The van der Waals surface area contributed by atoms with Crippen LogP contribution in [0.4, 0.5) is 0 Å². The average molecular weight is 295 g/mol. The van der Waals surface area contributed by atoms with Crippen molar-refractivity contribution in [1.82, 2.24) is 10.2 Å². The van der Waals surface area contributed by atoms with E-state index in [0.29, 0.717) is 11.6 Å². The Bertz CT molecular complexity index is 287. The van der Waals surface area contributed by atoms with E-state index in [1.807, 2.05) is 6.08 Å². The van der Waals surface area contributed by atoms with Gasteiger partial charge in [-0.1, -0.05) is 45.6 Å². The molecule has 2 nitrogen and oxygen atoms in total. The van der Waals surface area contributed by atoms with Gasteiger partial charge in [0.05, 0.1) is 0 Å². The lowest BCUT2D eigenvalue weighted by Gasteiger charge is -2.50. The number of unbranched alkanes of at least 4 members (excludes halogenated alkanes) is 3. The van der Waals surface area contributed by atoms with Crippen LogP contribution in [0, 0.1) is 5.92 Å². The zero-order chi connectivity index (χ0) is 15.7. The topological polar surface area (TPSA) is 15.3 Å². The van der Waals surface area contributed by atoms with E-state index in [1.54, 1.807) is 0 Å². The van der Waals surface area contributed by atoms with Crippen molar-refractivity contribution in [1.29, 1.82) is 0 Å². The summed E-state index contributed by atoms with van der Waals surface area (Å²) in [6.07, 6.45) is 14.0. The Morgan fingerprint density at radius 3 is 2.67 bits per heavy atom. The lowest BCUT2D eigenvalue weighted by Crippen LogP contribution is -2.60. The normalized spacial score (nSPS) is 27.8. The van der Waals surface area contributed by atoms with Crippen LogP contribution >= 0.6 is 0 Å². The highest BCUT2D eigenvalue weighted by Crippen LogP contribution is 2.39. The fourth-order valence-corrected chi connectivity index (χ4v) is 4.22. The van der Waals surface area contributed by atoms with Gasteiger partial charge in [-0.3, -0.25) is 0 Å². The van der Waals surface area contributed by atoms with Gasteiger partial charge >= 0.3 is 0 Å². The molecule has 1 aliphatic rings. The van der Waals surface area contributed by atoms with Crippen LogP contribution in [-0.2, 0) is 0 Å². The van der Waals surface area contributed by atoms with E-state index in [0.717, 1.165) is 12.5 Å². The number of nitrogens with one attached hydrogen (secondary N) is 1. The highest BCUT2D eigenvalue weighted by molar-refractivity contribution is 5.01. The van der Waals surface area contributed by atoms with Gasteiger partial charge in [0.2, 0.25) is 0 Å². The molecule has 1 fully saturated rings. The fraction of sp³-hybridized carbons (Fsp3) is 0.895. The van der Waals surface area contributed by atoms with Crippen molar-refractivity contribution in [2.75, 3.05) is 20.6 Å². The molecule has 3 atom stereocenters. The van der Waals surface area contributed by atoms with Gasteiger partial charge in [-0.2, -0.15) is 0 Å². The van der Waals surface area contributed by atoms with Gasteiger partial charge in [0.25, 0.3) is 0 Å². The highest BCUT2D eigenvalue weighted by Gasteiger charge is 2.42. The number of nitrogens with zero attached hydrogens (tertiary/aromatic N) is 1. The molecule has 1 rings (SSSR count). The lowest BCUT2D eigenvalue weighted by atomic mass is 9.70. The van der Waals surface area contributed by atoms with Crippen molar-refractivity contribution in [3.63, 3.8) is 0 Å². The SMILES string of the molecule is C=CCCCCCC(NCC)C1(N(C)C)CCCC(C)C1. The number of hydrogen-bond donors (Lipinski definition) is 1. The molecule has 1 aliphatic carbocycles. The second-order valence-electron chi connectivity index (χ2n) is 7.24. The summed E-state index contributed by atoms with van der Waals surface area (Å²) in [5.41, 5.74) is 0.367. The van der Waals surface area contributed by atoms with Crippen LogP contribution in [-0.4, -0.2) is 37.1 Å². The van der Waals surface area contributed by atoms with Crippen molar-refractivity contribution >= 4 is 0 Å². The molecule has 0 aromatic rings. The van der Waals surface area contributed by atoms with Crippen LogP contribution in [0.3, 0.4) is 0 Å². The summed E-state index contributed by atoms with van der Waals surface area (Å²) in [5, 5.41) is 3.82. The maximum absolute atomic E-state index is 3.82. The van der Waals surface area contributed by atoms with Gasteiger partial charge in [-0.05, 0) is 58.7 Å². The maximum atomic E-state index is 3.82. The number of hydrogen-bond acceptors (Lipinski definition) is 2. The predicted molar refractivity (Wildman–Crippen MR) is 94.8 cm³/mol. The van der Waals surface area contributed by atoms with Gasteiger partial charge in [0.15, 0.2) is 0 Å². The van der Waals surface area contributed by atoms with Crippen molar-refractivity contribution < 1.29 is 0 Å². The van der Waals surface area contributed by atoms with Crippen LogP contribution in [0.1, 0.15) is 71.6 Å². The second kappa shape index (κ2) is 9.63. The van der Waals surface area contributed by atoms with Gasteiger partial charge in [0, 0.05) is 11.6 Å². The van der Waals surface area contributed by atoms with Crippen molar-refractivity contribution in [2.24, 2.45) is 5.92 Å². The summed E-state index contributed by atoms with van der Waals surface area (Å²) in [4.78, 5) is 2.53. The second-order valence-corrected chi connectivity index (χ2v) is 7.24. The molecular formula is C19H38N2. The first-order chi connectivity index (χ1) is 10.1. The van der Waals surface area contributed by atoms with E-state index >= 15 is 0 Å². The van der Waals surface area contributed by atoms with Gasteiger partial charge in [0.1, 0.15) is 0 Å². The quantitative estimate of drug-likeness (QED) is 0.467. The van der Waals surface area contributed by atoms with Gasteiger partial charge in [-0.15, -0.1) is 6.58 Å². The molecule has 0 spiro atoms. The van der Waals surface area contributed by atoms with Crippen LogP contribution in [0.5, 0.6) is 0 Å². The first-order valence-electron chi connectivity index (χ1n) is 9.08. The predicted octanol–water partition coefficient (Wildman–Crippen LogP) is 4.61. The van der Waals surface area contributed by atoms with Crippen molar-refractivity contribution in [2.45, 2.75) is 83.2 Å². The molecule has 0 aromatic heterocycles. The Morgan fingerprint density at radius 1 is 1.33 bits per heavy atom. The van der Waals surface area contributed by atoms with E-state index in [4.69, 9.17) is 0 Å². The summed E-state index contributed by atoms with van der Waals surface area (Å²) in [7, 11) is 4.58. The largest absolute Gasteiger partial charge is 0.312 e. The molecule has 3 unspecified atom stereocenters. The molecule has 0 aliphatic heterocycles. The minimum Gasteiger partial charge on any atom is -0.312 e. The zero-order valence-electron chi connectivity index (χ0n) is 15.0. The van der Waals surface area contributed by atoms with Crippen LogP contribution in [0.15, 0.2) is 12.7 Å². The highest BCUT2D eigenvalue weighted by atomic mass is 15.2. The molecule has 0 bridgehead atoms. The van der Waals surface area contributed by atoms with Crippen molar-refractivity contribution in [3.8, 4) is 0 Å². The third kappa shape index (κ3) is 5.41. The molecule has 0 radical (unpaired) electrons. The Kier molecular flexibility index (Phi) is 8.58. The minimum atomic E-state index is 0.367. The monoisotopic (exact) mass is 294 g/mol. The molecule has 21 heavy (non-hydrogen) atoms. The fourth-order valence-electron chi connectivity index (χ4n) is 4.22. The Labute approximate surface area is 133 Å². The van der Waals surface area contributed by atoms with Gasteiger partial charge in [-0.25, -0.2) is 0 Å². The molecular weight excluding hydrogens is 256 g/mol. The average Bonchev–Trinajstić information content (AvgIpc) is 2.45. The van der Waals surface area contributed by atoms with Crippen molar-refractivity contribution in [3.05, 3.63) is 12.7 Å². The third-order valence-corrected chi connectivity index (χ3v) is 5.40. The molecule has 124 valence electrons. The van der Waals surface area contributed by atoms with Gasteiger partial charge < -0.3 is 10.2 Å². The van der Waals surface area contributed by atoms with E-state index in [9.17, 15) is 0 Å². The molecule has 1 saturated carbocycles.